The third kappa shape index (κ3) is 6.68. The standard InChI is InChI=1S/C16H28BN3O8P2/c1-23-14-13(28-29(3)25-9-5-7-18)11(10-26-30(4,17)24-2)27-15(14)20-8-6-12(21)19-16(20)22/h6,8,11,13-15H,5,9-10H2,1-4,17H3,(H,19,21,22)/t11-,13+,14?,15-,29?,30?/m1/s1. The van der Waals surface area contributed by atoms with Crippen molar-refractivity contribution in [1.29, 1.82) is 5.26 Å². The van der Waals surface area contributed by atoms with Gasteiger partial charge >= 0.3 is 5.69 Å². The van der Waals surface area contributed by atoms with Crippen LogP contribution in [0.2, 0.25) is 0 Å². The molecule has 0 radical (unpaired) electrons. The zero-order valence-corrected chi connectivity index (χ0v) is 18.4. The number of hydrogen-bond acceptors (Lipinski definition) is 9. The fraction of sp³-hybridized carbons (Fsp3) is 0.688. The summed E-state index contributed by atoms with van der Waals surface area (Å²) in [6, 6.07) is 3.26. The molecule has 0 amide bonds. The van der Waals surface area contributed by atoms with E-state index in [0.29, 0.717) is 0 Å². The predicted molar refractivity (Wildman–Crippen MR) is 116 cm³/mol. The molecule has 0 aromatic carbocycles. The maximum atomic E-state index is 12.3. The predicted octanol–water partition coefficient (Wildman–Crippen LogP) is 0.127. The zero-order chi connectivity index (χ0) is 22.3. The molecule has 1 aromatic rings. The fourth-order valence-corrected chi connectivity index (χ4v) is 4.19. The summed E-state index contributed by atoms with van der Waals surface area (Å²) in [5, 5.41) is 8.68. The molecule has 0 saturated carbocycles. The van der Waals surface area contributed by atoms with E-state index in [1.165, 1.54) is 23.9 Å². The van der Waals surface area contributed by atoms with Crippen LogP contribution >= 0.6 is 16.0 Å². The van der Waals surface area contributed by atoms with Crippen LogP contribution in [0.1, 0.15) is 12.6 Å². The van der Waals surface area contributed by atoms with Crippen molar-refractivity contribution in [3.63, 3.8) is 0 Å². The van der Waals surface area contributed by atoms with E-state index in [1.54, 1.807) is 13.8 Å². The SMILES string of the molecule is [BH3-][P+](C)(OC)OC[C@H]1O[C@@H](n2ccc(=O)[nH]c2=O)C(OC)[C@H]1OP(C)OCCC#N. The minimum absolute atomic E-state index is 0.182. The molecule has 0 spiro atoms. The number of aromatic nitrogens is 2. The third-order valence-corrected chi connectivity index (χ3v) is 6.23. The van der Waals surface area contributed by atoms with Crippen LogP contribution in [0, 0.1) is 11.3 Å². The van der Waals surface area contributed by atoms with Gasteiger partial charge in [0, 0.05) is 26.0 Å². The number of nitrogens with one attached hydrogen (secondary N) is 1. The number of rotatable bonds is 11. The maximum absolute atomic E-state index is 12.3. The fourth-order valence-electron chi connectivity index (χ4n) is 2.72. The molecular formula is C16H28BN3O8P2. The van der Waals surface area contributed by atoms with Crippen molar-refractivity contribution in [2.75, 3.05) is 40.8 Å². The van der Waals surface area contributed by atoms with E-state index in [-0.39, 0.29) is 27.2 Å². The molecule has 1 aliphatic heterocycles. The molecule has 1 aromatic heterocycles. The molecule has 0 bridgehead atoms. The minimum Gasteiger partial charge on any atom is -0.374 e. The summed E-state index contributed by atoms with van der Waals surface area (Å²) >= 11 is 0. The van der Waals surface area contributed by atoms with Gasteiger partial charge in [0.05, 0.1) is 40.5 Å². The van der Waals surface area contributed by atoms with Gasteiger partial charge in [0.1, 0.15) is 24.9 Å². The molecule has 1 aliphatic rings. The lowest BCUT2D eigenvalue weighted by Gasteiger charge is -2.27. The molecule has 1 N–H and O–H groups in total. The second-order valence-electron chi connectivity index (χ2n) is 5.95. The number of methoxy groups -OCH3 is 1. The van der Waals surface area contributed by atoms with Crippen LogP contribution in [-0.2, 0) is 27.6 Å². The molecule has 2 rings (SSSR count). The Morgan fingerprint density at radius 3 is 2.73 bits per heavy atom. The van der Waals surface area contributed by atoms with Crippen LogP contribution in [0.3, 0.4) is 0 Å². The first-order valence-electron chi connectivity index (χ1n) is 8.72. The van der Waals surface area contributed by atoms with Crippen molar-refractivity contribution in [3.8, 4) is 6.07 Å². The summed E-state index contributed by atoms with van der Waals surface area (Å²) in [6.07, 6.45) is -0.988. The smallest absolute Gasteiger partial charge is 0.330 e. The summed E-state index contributed by atoms with van der Waals surface area (Å²) in [7, 11) is -0.170. The highest BCUT2D eigenvalue weighted by molar-refractivity contribution is 7.89. The minimum atomic E-state index is -1.80. The van der Waals surface area contributed by atoms with Crippen LogP contribution in [0.5, 0.6) is 0 Å². The largest absolute Gasteiger partial charge is 0.374 e. The first-order chi connectivity index (χ1) is 14.2. The highest BCUT2D eigenvalue weighted by Crippen LogP contribution is 2.52. The quantitative estimate of drug-likeness (QED) is 0.276. The maximum Gasteiger partial charge on any atom is 0.330 e. The summed E-state index contributed by atoms with van der Waals surface area (Å²) in [4.78, 5) is 26.0. The first kappa shape index (κ1) is 25.1. The van der Waals surface area contributed by atoms with Gasteiger partial charge in [-0.25, -0.2) is 4.79 Å². The van der Waals surface area contributed by atoms with Crippen molar-refractivity contribution in [3.05, 3.63) is 33.1 Å². The molecule has 11 nitrogen and oxygen atoms in total. The number of nitrogens with zero attached hydrogens (tertiary/aromatic N) is 2. The monoisotopic (exact) mass is 463 g/mol. The molecule has 1 saturated heterocycles. The van der Waals surface area contributed by atoms with Gasteiger partial charge in [-0.05, 0) is 0 Å². The van der Waals surface area contributed by atoms with E-state index in [2.05, 4.69) is 4.98 Å². The van der Waals surface area contributed by atoms with Crippen molar-refractivity contribution in [2.45, 2.75) is 31.0 Å². The summed E-state index contributed by atoms with van der Waals surface area (Å²) < 4.78 is 36.2. The molecule has 1 fully saturated rings. The van der Waals surface area contributed by atoms with Crippen molar-refractivity contribution < 1.29 is 27.6 Å². The second kappa shape index (κ2) is 11.5. The molecular weight excluding hydrogens is 435 g/mol. The Morgan fingerprint density at radius 2 is 2.13 bits per heavy atom. The van der Waals surface area contributed by atoms with Crippen LogP contribution in [0.15, 0.2) is 21.9 Å². The summed E-state index contributed by atoms with van der Waals surface area (Å²) in [6.45, 7) is 4.23. The molecule has 168 valence electrons. The van der Waals surface area contributed by atoms with Gasteiger partial charge in [0.2, 0.25) is 0 Å². The lowest BCUT2D eigenvalue weighted by atomic mass is 10.1. The van der Waals surface area contributed by atoms with Gasteiger partial charge in [-0.15, -0.1) is 0 Å². The Kier molecular flexibility index (Phi) is 9.60. The van der Waals surface area contributed by atoms with Crippen molar-refractivity contribution in [1.82, 2.24) is 9.55 Å². The van der Waals surface area contributed by atoms with Gasteiger partial charge in [-0.3, -0.25) is 23.4 Å². The summed E-state index contributed by atoms with van der Waals surface area (Å²) in [5.41, 5.74) is -1.11. The first-order valence-corrected chi connectivity index (χ1v) is 12.0. The van der Waals surface area contributed by atoms with Gasteiger partial charge in [-0.2, -0.15) is 5.26 Å². The van der Waals surface area contributed by atoms with Gasteiger partial charge in [0.15, 0.2) is 22.2 Å². The Hall–Kier alpha value is -1.15. The Bertz CT molecular complexity index is 845. The Balaban J connectivity index is 2.25. The van der Waals surface area contributed by atoms with Crippen molar-refractivity contribution >= 4 is 23.5 Å². The topological polar surface area (TPSA) is 134 Å². The lowest BCUT2D eigenvalue weighted by Crippen LogP contribution is -2.39. The van der Waals surface area contributed by atoms with Crippen LogP contribution in [0.4, 0.5) is 0 Å². The molecule has 2 heterocycles. The highest BCUT2D eigenvalue weighted by atomic mass is 31.2. The van der Waals surface area contributed by atoms with Gasteiger partial charge in [-0.1, -0.05) is 0 Å². The van der Waals surface area contributed by atoms with E-state index in [0.717, 1.165) is 0 Å². The second-order valence-corrected chi connectivity index (χ2v) is 8.80. The van der Waals surface area contributed by atoms with E-state index in [4.69, 9.17) is 32.8 Å². The number of aromatic amines is 1. The summed E-state index contributed by atoms with van der Waals surface area (Å²) in [5.74, 6) is 0. The third-order valence-electron chi connectivity index (χ3n) is 4.12. The van der Waals surface area contributed by atoms with E-state index < -0.39 is 51.8 Å². The van der Waals surface area contributed by atoms with Crippen LogP contribution in [0.25, 0.3) is 0 Å². The molecule has 6 atom stereocenters. The van der Waals surface area contributed by atoms with E-state index in [1.807, 2.05) is 12.7 Å². The van der Waals surface area contributed by atoms with E-state index in [9.17, 15) is 9.59 Å². The average Bonchev–Trinajstić information content (AvgIpc) is 3.03. The molecule has 30 heavy (non-hydrogen) atoms. The lowest BCUT2D eigenvalue weighted by molar-refractivity contribution is -0.0604. The van der Waals surface area contributed by atoms with Crippen LogP contribution < -0.4 is 11.2 Å². The average molecular weight is 463 g/mol. The number of hydrogen-bond donors (Lipinski definition) is 1. The molecule has 3 unspecified atom stereocenters. The van der Waals surface area contributed by atoms with Crippen LogP contribution in [-0.4, -0.2) is 76.2 Å². The Morgan fingerprint density at radius 1 is 1.40 bits per heavy atom. The highest BCUT2D eigenvalue weighted by Gasteiger charge is 2.49. The molecule has 0 aliphatic carbocycles. The number of nitriles is 1. The molecule has 14 heteroatoms. The Labute approximate surface area is 177 Å². The van der Waals surface area contributed by atoms with Crippen molar-refractivity contribution in [2.24, 2.45) is 0 Å². The van der Waals surface area contributed by atoms with Gasteiger partial charge < -0.3 is 18.5 Å². The number of H-pyrrole nitrogens is 1. The normalized spacial score (nSPS) is 26.8. The van der Waals surface area contributed by atoms with Gasteiger partial charge in [0.25, 0.3) is 5.56 Å². The zero-order valence-electron chi connectivity index (χ0n) is 16.6. The van der Waals surface area contributed by atoms with E-state index >= 15 is 0 Å². The number of ether oxygens (including phenoxy) is 2.